The number of amides is 1. The first-order valence-electron chi connectivity index (χ1n) is 10.4. The lowest BCUT2D eigenvalue weighted by Gasteiger charge is -2.10. The molecule has 0 saturated heterocycles. The minimum absolute atomic E-state index is 0.0349. The molecule has 4 aromatic rings. The highest BCUT2D eigenvalue weighted by atomic mass is 32.2. The summed E-state index contributed by atoms with van der Waals surface area (Å²) in [6, 6.07) is 22.6. The first-order chi connectivity index (χ1) is 16.5. The highest BCUT2D eigenvalue weighted by Crippen LogP contribution is 2.28. The van der Waals surface area contributed by atoms with Crippen LogP contribution in [0.5, 0.6) is 11.5 Å². The number of hydrogen-bond acceptors (Lipinski definition) is 7. The first-order valence-corrected chi connectivity index (χ1v) is 11.4. The van der Waals surface area contributed by atoms with Crippen LogP contribution in [0.2, 0.25) is 0 Å². The first kappa shape index (κ1) is 23.1. The maximum Gasteiger partial charge on any atom is 0.250 e. The van der Waals surface area contributed by atoms with E-state index in [2.05, 4.69) is 20.7 Å². The van der Waals surface area contributed by atoms with Crippen LogP contribution < -0.4 is 10.2 Å². The summed E-state index contributed by atoms with van der Waals surface area (Å²) in [5.74, 6) is 0.885. The molecule has 0 spiro atoms. The van der Waals surface area contributed by atoms with E-state index in [1.165, 1.54) is 31.2 Å². The fraction of sp³-hybridized carbons (Fsp3) is 0.120. The summed E-state index contributed by atoms with van der Waals surface area (Å²) in [6.07, 6.45) is 1.48. The fourth-order valence-electron chi connectivity index (χ4n) is 3.18. The second-order valence-electron chi connectivity index (χ2n) is 7.36. The van der Waals surface area contributed by atoms with Crippen molar-refractivity contribution < 1.29 is 14.6 Å². The average molecular weight is 474 g/mol. The summed E-state index contributed by atoms with van der Waals surface area (Å²) in [5, 5.41) is 23.0. The van der Waals surface area contributed by atoms with Gasteiger partial charge in [0.1, 0.15) is 0 Å². The van der Waals surface area contributed by atoms with Gasteiger partial charge < -0.3 is 9.84 Å². The normalized spacial score (nSPS) is 11.0. The third kappa shape index (κ3) is 5.44. The third-order valence-electron chi connectivity index (χ3n) is 4.90. The molecule has 0 fully saturated rings. The van der Waals surface area contributed by atoms with Gasteiger partial charge in [0, 0.05) is 11.3 Å². The quantitative estimate of drug-likeness (QED) is 0.226. The lowest BCUT2D eigenvalue weighted by molar-refractivity contribution is -0.118. The van der Waals surface area contributed by atoms with Crippen molar-refractivity contribution in [3.63, 3.8) is 0 Å². The van der Waals surface area contributed by atoms with Crippen LogP contribution in [0.4, 0.5) is 0 Å². The van der Waals surface area contributed by atoms with Crippen molar-refractivity contribution in [1.82, 2.24) is 20.2 Å². The molecule has 1 aromatic heterocycles. The van der Waals surface area contributed by atoms with Gasteiger partial charge in [-0.25, -0.2) is 5.43 Å². The van der Waals surface area contributed by atoms with Gasteiger partial charge in [-0.05, 0) is 42.8 Å². The number of carbonyl (C=O) groups excluding carboxylic acids is 1. The molecule has 1 amide bonds. The molecular weight excluding hydrogens is 450 g/mol. The molecule has 9 heteroatoms. The van der Waals surface area contributed by atoms with Crippen molar-refractivity contribution in [1.29, 1.82) is 0 Å². The molecule has 34 heavy (non-hydrogen) atoms. The van der Waals surface area contributed by atoms with Gasteiger partial charge in [-0.3, -0.25) is 9.36 Å². The van der Waals surface area contributed by atoms with Crippen LogP contribution in [-0.2, 0) is 4.79 Å². The topological polar surface area (TPSA) is 102 Å². The number of phenolic OH excluding ortho intramolecular Hbond substituents is 1. The Hall–Kier alpha value is -4.11. The van der Waals surface area contributed by atoms with E-state index < -0.39 is 0 Å². The predicted molar refractivity (Wildman–Crippen MR) is 133 cm³/mol. The van der Waals surface area contributed by atoms with Gasteiger partial charge in [0.05, 0.1) is 19.1 Å². The molecule has 2 N–H and O–H groups in total. The van der Waals surface area contributed by atoms with Crippen molar-refractivity contribution in [2.75, 3.05) is 12.9 Å². The molecular formula is C25H23N5O3S. The number of aromatic hydroxyl groups is 1. The molecule has 3 aromatic carbocycles. The minimum atomic E-state index is -0.285. The van der Waals surface area contributed by atoms with Crippen LogP contribution in [0.3, 0.4) is 0 Å². The number of rotatable bonds is 8. The number of hydrogen-bond donors (Lipinski definition) is 2. The molecule has 8 nitrogen and oxygen atoms in total. The maximum absolute atomic E-state index is 12.4. The number of carbonyl (C=O) groups is 1. The number of nitrogens with zero attached hydrogens (tertiary/aromatic N) is 4. The van der Waals surface area contributed by atoms with Crippen LogP contribution in [-0.4, -0.2) is 44.9 Å². The molecule has 172 valence electrons. The van der Waals surface area contributed by atoms with Gasteiger partial charge in [-0.15, -0.1) is 10.2 Å². The third-order valence-corrected chi connectivity index (χ3v) is 5.83. The van der Waals surface area contributed by atoms with E-state index in [1.807, 2.05) is 66.1 Å². The van der Waals surface area contributed by atoms with Crippen molar-refractivity contribution in [3.05, 3.63) is 83.9 Å². The Labute approximate surface area is 201 Å². The molecule has 0 aliphatic heterocycles. The molecule has 0 saturated carbocycles. The summed E-state index contributed by atoms with van der Waals surface area (Å²) in [6.45, 7) is 2.03. The van der Waals surface area contributed by atoms with Gasteiger partial charge in [-0.1, -0.05) is 59.8 Å². The number of hydrazone groups is 1. The molecule has 1 heterocycles. The molecule has 0 atom stereocenters. The van der Waals surface area contributed by atoms with Gasteiger partial charge >= 0.3 is 0 Å². The molecule has 0 aliphatic carbocycles. The Bertz CT molecular complexity index is 1300. The molecule has 0 radical (unpaired) electrons. The molecule has 0 aliphatic rings. The second kappa shape index (κ2) is 10.7. The number of ether oxygens (including phenoxy) is 1. The lowest BCUT2D eigenvalue weighted by atomic mass is 10.2. The van der Waals surface area contributed by atoms with E-state index in [0.29, 0.717) is 22.3 Å². The molecule has 4 rings (SSSR count). The monoisotopic (exact) mass is 473 g/mol. The Kier molecular flexibility index (Phi) is 7.24. The average Bonchev–Trinajstić information content (AvgIpc) is 3.29. The van der Waals surface area contributed by atoms with Gasteiger partial charge in [0.15, 0.2) is 22.5 Å². The largest absolute Gasteiger partial charge is 0.504 e. The maximum atomic E-state index is 12.4. The summed E-state index contributed by atoms with van der Waals surface area (Å²) in [4.78, 5) is 12.4. The van der Waals surface area contributed by atoms with E-state index in [1.54, 1.807) is 12.1 Å². The van der Waals surface area contributed by atoms with Crippen LogP contribution in [0, 0.1) is 6.92 Å². The van der Waals surface area contributed by atoms with E-state index in [4.69, 9.17) is 4.74 Å². The van der Waals surface area contributed by atoms with Gasteiger partial charge in [0.2, 0.25) is 0 Å². The lowest BCUT2D eigenvalue weighted by Crippen LogP contribution is -2.20. The van der Waals surface area contributed by atoms with Crippen LogP contribution >= 0.6 is 11.8 Å². The zero-order valence-electron chi connectivity index (χ0n) is 18.7. The zero-order valence-corrected chi connectivity index (χ0v) is 19.5. The number of methoxy groups -OCH3 is 1. The van der Waals surface area contributed by atoms with E-state index in [0.717, 1.165) is 16.8 Å². The standard InChI is InChI=1S/C25H23N5O3S/c1-17-8-11-20(12-9-17)30-24(19-6-4-3-5-7-19)28-29-25(30)34-16-23(32)27-26-15-18-10-13-21(31)22(14-18)33-2/h3-15,31H,16H2,1-2H3,(H,27,32). The number of aryl methyl sites for hydroxylation is 1. The van der Waals surface area contributed by atoms with Gasteiger partial charge in [-0.2, -0.15) is 5.10 Å². The highest BCUT2D eigenvalue weighted by molar-refractivity contribution is 7.99. The fourth-order valence-corrected chi connectivity index (χ4v) is 3.92. The number of benzene rings is 3. The number of aromatic nitrogens is 3. The van der Waals surface area contributed by atoms with Crippen LogP contribution in [0.25, 0.3) is 17.1 Å². The summed E-state index contributed by atoms with van der Waals surface area (Å²) in [7, 11) is 1.47. The van der Waals surface area contributed by atoms with Crippen molar-refractivity contribution in [3.8, 4) is 28.6 Å². The summed E-state index contributed by atoms with van der Waals surface area (Å²) < 4.78 is 7.01. The molecule has 0 unspecified atom stereocenters. The van der Waals surface area contributed by atoms with Gasteiger partial charge in [0.25, 0.3) is 5.91 Å². The smallest absolute Gasteiger partial charge is 0.250 e. The Morgan fingerprint density at radius 3 is 2.62 bits per heavy atom. The SMILES string of the molecule is COc1cc(C=NNC(=O)CSc2nnc(-c3ccccc3)n2-c2ccc(C)cc2)ccc1O. The Morgan fingerprint density at radius 1 is 1.12 bits per heavy atom. The van der Waals surface area contributed by atoms with Crippen LogP contribution in [0.15, 0.2) is 83.1 Å². The number of thioether (sulfide) groups is 1. The number of phenols is 1. The summed E-state index contributed by atoms with van der Waals surface area (Å²) in [5.41, 5.74) is 6.18. The second-order valence-corrected chi connectivity index (χ2v) is 8.30. The van der Waals surface area contributed by atoms with E-state index in [9.17, 15) is 9.90 Å². The number of nitrogens with one attached hydrogen (secondary N) is 1. The summed E-state index contributed by atoms with van der Waals surface area (Å²) >= 11 is 1.27. The van der Waals surface area contributed by atoms with Crippen molar-refractivity contribution >= 4 is 23.9 Å². The zero-order chi connectivity index (χ0) is 23.9. The highest BCUT2D eigenvalue weighted by Gasteiger charge is 2.17. The molecule has 0 bridgehead atoms. The van der Waals surface area contributed by atoms with E-state index >= 15 is 0 Å². The Morgan fingerprint density at radius 2 is 1.88 bits per heavy atom. The van der Waals surface area contributed by atoms with Crippen LogP contribution in [0.1, 0.15) is 11.1 Å². The Balaban J connectivity index is 1.48. The minimum Gasteiger partial charge on any atom is -0.504 e. The van der Waals surface area contributed by atoms with Crippen molar-refractivity contribution in [2.45, 2.75) is 12.1 Å². The van der Waals surface area contributed by atoms with Crippen molar-refractivity contribution in [2.24, 2.45) is 5.10 Å². The predicted octanol–water partition coefficient (Wildman–Crippen LogP) is 4.20. The van der Waals surface area contributed by atoms with E-state index in [-0.39, 0.29) is 17.4 Å².